The van der Waals surface area contributed by atoms with Gasteiger partial charge >= 0.3 is 0 Å². The quantitative estimate of drug-likeness (QED) is 0.858. The normalized spacial score (nSPS) is 10.1. The van der Waals surface area contributed by atoms with Crippen molar-refractivity contribution in [2.24, 2.45) is 0 Å². The standard InChI is InChI=1S/C16H16F2N2O3/c1-22-14-6-4-11(8-15(14)23-2)20-16(21)9-19-13-5-3-10(17)7-12(13)18/h3-8,19H,9H2,1-2H3,(H,20,21). The number of carbonyl (C=O) groups is 1. The van der Waals surface area contributed by atoms with Gasteiger partial charge in [-0.25, -0.2) is 8.78 Å². The van der Waals surface area contributed by atoms with E-state index in [1.165, 1.54) is 20.3 Å². The van der Waals surface area contributed by atoms with Gasteiger partial charge in [0.2, 0.25) is 5.91 Å². The largest absolute Gasteiger partial charge is 0.493 e. The summed E-state index contributed by atoms with van der Waals surface area (Å²) in [5.41, 5.74) is 0.558. The third kappa shape index (κ3) is 4.32. The minimum absolute atomic E-state index is 0.0499. The lowest BCUT2D eigenvalue weighted by molar-refractivity contribution is -0.114. The summed E-state index contributed by atoms with van der Waals surface area (Å²) in [7, 11) is 3.00. The fourth-order valence-corrected chi connectivity index (χ4v) is 1.93. The van der Waals surface area contributed by atoms with E-state index in [1.807, 2.05) is 0 Å². The van der Waals surface area contributed by atoms with Crippen LogP contribution in [0.3, 0.4) is 0 Å². The molecule has 7 heteroatoms. The van der Waals surface area contributed by atoms with Crippen LogP contribution in [0.1, 0.15) is 0 Å². The molecule has 0 saturated heterocycles. The lowest BCUT2D eigenvalue weighted by Crippen LogP contribution is -2.22. The van der Waals surface area contributed by atoms with E-state index in [-0.39, 0.29) is 18.1 Å². The maximum Gasteiger partial charge on any atom is 0.243 e. The third-order valence-corrected chi connectivity index (χ3v) is 3.04. The molecule has 2 N–H and O–H groups in total. The molecule has 0 saturated carbocycles. The zero-order valence-electron chi connectivity index (χ0n) is 12.7. The fraction of sp³-hybridized carbons (Fsp3) is 0.188. The number of ether oxygens (including phenoxy) is 2. The van der Waals surface area contributed by atoms with Gasteiger partial charge in [0.15, 0.2) is 11.5 Å². The number of nitrogens with one attached hydrogen (secondary N) is 2. The second-order valence-electron chi connectivity index (χ2n) is 4.60. The molecule has 0 spiro atoms. The van der Waals surface area contributed by atoms with Gasteiger partial charge < -0.3 is 20.1 Å². The van der Waals surface area contributed by atoms with Gasteiger partial charge in [-0.05, 0) is 24.3 Å². The monoisotopic (exact) mass is 322 g/mol. The zero-order valence-corrected chi connectivity index (χ0v) is 12.7. The highest BCUT2D eigenvalue weighted by Gasteiger charge is 2.09. The fourth-order valence-electron chi connectivity index (χ4n) is 1.93. The van der Waals surface area contributed by atoms with Crippen LogP contribution in [-0.2, 0) is 4.79 Å². The molecule has 0 unspecified atom stereocenters. The van der Waals surface area contributed by atoms with Crippen molar-refractivity contribution in [2.45, 2.75) is 0 Å². The molecule has 2 aromatic rings. The maximum atomic E-state index is 13.4. The molecule has 0 aliphatic rings. The summed E-state index contributed by atoms with van der Waals surface area (Å²) in [6.45, 7) is -0.170. The lowest BCUT2D eigenvalue weighted by atomic mass is 10.2. The predicted octanol–water partition coefficient (Wildman–Crippen LogP) is 3.03. The molecular weight excluding hydrogens is 306 g/mol. The van der Waals surface area contributed by atoms with Crippen LogP contribution in [0.25, 0.3) is 0 Å². The molecule has 2 aromatic carbocycles. The third-order valence-electron chi connectivity index (χ3n) is 3.04. The van der Waals surface area contributed by atoms with Crippen molar-refractivity contribution in [2.75, 3.05) is 31.4 Å². The minimum atomic E-state index is -0.760. The molecule has 23 heavy (non-hydrogen) atoms. The molecule has 5 nitrogen and oxygen atoms in total. The molecule has 0 heterocycles. The topological polar surface area (TPSA) is 59.6 Å². The van der Waals surface area contributed by atoms with E-state index in [9.17, 15) is 13.6 Å². The Kier molecular flexibility index (Phi) is 5.35. The van der Waals surface area contributed by atoms with E-state index in [0.717, 1.165) is 12.1 Å². The van der Waals surface area contributed by atoms with Crippen molar-refractivity contribution in [3.8, 4) is 11.5 Å². The first-order valence-electron chi connectivity index (χ1n) is 6.74. The number of carbonyl (C=O) groups excluding carboxylic acids is 1. The van der Waals surface area contributed by atoms with Crippen molar-refractivity contribution in [3.63, 3.8) is 0 Å². The summed E-state index contributed by atoms with van der Waals surface area (Å²) >= 11 is 0. The molecule has 0 radical (unpaired) electrons. The Bertz CT molecular complexity index is 708. The van der Waals surface area contributed by atoms with E-state index in [4.69, 9.17) is 9.47 Å². The number of hydrogen-bond acceptors (Lipinski definition) is 4. The van der Waals surface area contributed by atoms with Crippen molar-refractivity contribution >= 4 is 17.3 Å². The van der Waals surface area contributed by atoms with Gasteiger partial charge in [-0.1, -0.05) is 0 Å². The molecule has 0 bridgehead atoms. The summed E-state index contributed by atoms with van der Waals surface area (Å²) in [5, 5.41) is 5.24. The molecule has 122 valence electrons. The van der Waals surface area contributed by atoms with Gasteiger partial charge in [-0.3, -0.25) is 4.79 Å². The number of halogens is 2. The Hall–Kier alpha value is -2.83. The molecule has 1 amide bonds. The van der Waals surface area contributed by atoms with Gasteiger partial charge in [0.25, 0.3) is 0 Å². The molecule has 2 rings (SSSR count). The molecule has 0 aromatic heterocycles. The Morgan fingerprint density at radius 3 is 2.43 bits per heavy atom. The number of rotatable bonds is 6. The number of anilines is 2. The average molecular weight is 322 g/mol. The molecule has 0 fully saturated rings. The summed E-state index contributed by atoms with van der Waals surface area (Å²) in [6, 6.07) is 8.00. The maximum absolute atomic E-state index is 13.4. The van der Waals surface area contributed by atoms with Crippen LogP contribution in [0, 0.1) is 11.6 Å². The van der Waals surface area contributed by atoms with Crippen molar-refractivity contribution in [1.29, 1.82) is 0 Å². The Labute approximate surface area is 132 Å². The Balaban J connectivity index is 1.97. The summed E-state index contributed by atoms with van der Waals surface area (Å²) < 4.78 is 36.5. The van der Waals surface area contributed by atoms with Crippen LogP contribution >= 0.6 is 0 Å². The SMILES string of the molecule is COc1ccc(NC(=O)CNc2ccc(F)cc2F)cc1OC. The van der Waals surface area contributed by atoms with Crippen molar-refractivity contribution in [3.05, 3.63) is 48.0 Å². The van der Waals surface area contributed by atoms with E-state index in [2.05, 4.69) is 10.6 Å². The van der Waals surface area contributed by atoms with Gasteiger partial charge in [-0.2, -0.15) is 0 Å². The van der Waals surface area contributed by atoms with Crippen LogP contribution in [0.2, 0.25) is 0 Å². The van der Waals surface area contributed by atoms with E-state index in [1.54, 1.807) is 18.2 Å². The number of hydrogen-bond donors (Lipinski definition) is 2. The predicted molar refractivity (Wildman–Crippen MR) is 83.0 cm³/mol. The second-order valence-corrected chi connectivity index (χ2v) is 4.60. The number of methoxy groups -OCH3 is 2. The number of benzene rings is 2. The van der Waals surface area contributed by atoms with E-state index >= 15 is 0 Å². The average Bonchev–Trinajstić information content (AvgIpc) is 2.54. The lowest BCUT2D eigenvalue weighted by Gasteiger charge is -2.11. The van der Waals surface area contributed by atoms with Gasteiger partial charge in [0.1, 0.15) is 11.6 Å². The van der Waals surface area contributed by atoms with Gasteiger partial charge in [0.05, 0.1) is 26.5 Å². The minimum Gasteiger partial charge on any atom is -0.493 e. The highest BCUT2D eigenvalue weighted by molar-refractivity contribution is 5.94. The molecular formula is C16H16F2N2O3. The van der Waals surface area contributed by atoms with Crippen LogP contribution in [0.4, 0.5) is 20.2 Å². The first-order valence-corrected chi connectivity index (χ1v) is 6.74. The van der Waals surface area contributed by atoms with E-state index in [0.29, 0.717) is 17.2 Å². The second kappa shape index (κ2) is 7.44. The van der Waals surface area contributed by atoms with Crippen molar-refractivity contribution in [1.82, 2.24) is 0 Å². The van der Waals surface area contributed by atoms with Crippen LogP contribution in [0.15, 0.2) is 36.4 Å². The highest BCUT2D eigenvalue weighted by Crippen LogP contribution is 2.29. The molecule has 0 atom stereocenters. The Morgan fingerprint density at radius 2 is 1.78 bits per heavy atom. The number of amides is 1. The van der Waals surface area contributed by atoms with Crippen LogP contribution < -0.4 is 20.1 Å². The van der Waals surface area contributed by atoms with Gasteiger partial charge in [0, 0.05) is 17.8 Å². The summed E-state index contributed by atoms with van der Waals surface area (Å²) in [5.74, 6) is -0.812. The first kappa shape index (κ1) is 16.5. The molecule has 0 aliphatic carbocycles. The van der Waals surface area contributed by atoms with Crippen LogP contribution in [0.5, 0.6) is 11.5 Å². The summed E-state index contributed by atoms with van der Waals surface area (Å²) in [6.07, 6.45) is 0. The molecule has 0 aliphatic heterocycles. The van der Waals surface area contributed by atoms with Crippen molar-refractivity contribution < 1.29 is 23.0 Å². The van der Waals surface area contributed by atoms with Crippen LogP contribution in [-0.4, -0.2) is 26.7 Å². The highest BCUT2D eigenvalue weighted by atomic mass is 19.1. The smallest absolute Gasteiger partial charge is 0.243 e. The zero-order chi connectivity index (χ0) is 16.8. The first-order chi connectivity index (χ1) is 11.0. The summed E-state index contributed by atoms with van der Waals surface area (Å²) in [4.78, 5) is 11.9. The van der Waals surface area contributed by atoms with E-state index < -0.39 is 11.6 Å². The van der Waals surface area contributed by atoms with Gasteiger partial charge in [-0.15, -0.1) is 0 Å². The Morgan fingerprint density at radius 1 is 1.04 bits per heavy atom.